The van der Waals surface area contributed by atoms with Gasteiger partial charge in [0.25, 0.3) is 0 Å². The van der Waals surface area contributed by atoms with Gasteiger partial charge in [0.1, 0.15) is 0 Å². The Morgan fingerprint density at radius 3 is 1.43 bits per heavy atom. The highest BCUT2D eigenvalue weighted by atomic mass is 79.9. The van der Waals surface area contributed by atoms with Crippen molar-refractivity contribution < 1.29 is 14.2 Å². The number of rotatable bonds is 16. The zero-order valence-electron chi connectivity index (χ0n) is 14.5. The fourth-order valence-electron chi connectivity index (χ4n) is 1.98. The first-order chi connectivity index (χ1) is 11.3. The van der Waals surface area contributed by atoms with E-state index in [0.717, 1.165) is 49.2 Å². The lowest BCUT2D eigenvalue weighted by atomic mass is 10.2. The molecule has 23 heavy (non-hydrogen) atoms. The monoisotopic (exact) mass is 454 g/mol. The van der Waals surface area contributed by atoms with Gasteiger partial charge in [-0.25, -0.2) is 0 Å². The Morgan fingerprint density at radius 2 is 1.09 bits per heavy atom. The van der Waals surface area contributed by atoms with Gasteiger partial charge in [-0.15, -0.1) is 0 Å². The van der Waals surface area contributed by atoms with Crippen molar-refractivity contribution in [2.75, 3.05) is 24.9 Å². The third-order valence-electron chi connectivity index (χ3n) is 3.31. The molecule has 136 valence electrons. The van der Waals surface area contributed by atoms with Gasteiger partial charge in [-0.05, 0) is 38.5 Å². The van der Waals surface area contributed by atoms with Gasteiger partial charge >= 0.3 is 0 Å². The van der Waals surface area contributed by atoms with Crippen LogP contribution in [0.5, 0.6) is 0 Å². The molecule has 3 nitrogen and oxygen atoms in total. The van der Waals surface area contributed by atoms with Crippen LogP contribution in [-0.2, 0) is 14.2 Å². The summed E-state index contributed by atoms with van der Waals surface area (Å²) in [5.74, 6) is 0. The summed E-state index contributed by atoms with van der Waals surface area (Å²) < 4.78 is 16.7. The first kappa shape index (κ1) is 23.3. The fourth-order valence-corrected chi connectivity index (χ4v) is 2.63. The zero-order chi connectivity index (χ0) is 17.2. The molecule has 0 spiro atoms. The molecule has 0 aromatic rings. The lowest BCUT2D eigenvalue weighted by Crippen LogP contribution is -2.25. The van der Waals surface area contributed by atoms with Crippen LogP contribution in [0.25, 0.3) is 0 Å². The summed E-state index contributed by atoms with van der Waals surface area (Å²) >= 11 is 6.86. The highest BCUT2D eigenvalue weighted by Gasteiger charge is 2.14. The number of methoxy groups -OCH3 is 2. The number of halogens is 2. The molecule has 0 N–H and O–H groups in total. The Bertz CT molecular complexity index is 268. The number of hydrogen-bond acceptors (Lipinski definition) is 3. The fraction of sp³-hybridized carbons (Fsp3) is 0.778. The topological polar surface area (TPSA) is 27.7 Å². The molecule has 0 aliphatic carbocycles. The van der Waals surface area contributed by atoms with Crippen LogP contribution >= 0.6 is 31.9 Å². The van der Waals surface area contributed by atoms with Crippen LogP contribution in [0, 0.1) is 0 Å². The number of allylic oxidation sites excluding steroid dienone is 4. The molecule has 0 aromatic heterocycles. The molecule has 0 heterocycles. The van der Waals surface area contributed by atoms with Crippen LogP contribution in [0.3, 0.4) is 0 Å². The highest BCUT2D eigenvalue weighted by molar-refractivity contribution is 9.09. The maximum atomic E-state index is 5.88. The Balaban J connectivity index is 3.91. The molecule has 0 aliphatic heterocycles. The lowest BCUT2D eigenvalue weighted by Gasteiger charge is -2.22. The van der Waals surface area contributed by atoms with Crippen LogP contribution < -0.4 is 0 Å². The largest absolute Gasteiger partial charge is 0.356 e. The molecule has 5 heteroatoms. The van der Waals surface area contributed by atoms with Crippen molar-refractivity contribution in [1.29, 1.82) is 0 Å². The second-order valence-corrected chi connectivity index (χ2v) is 6.81. The van der Waals surface area contributed by atoms with Gasteiger partial charge in [-0.3, -0.25) is 0 Å². The molecule has 0 bridgehead atoms. The van der Waals surface area contributed by atoms with Gasteiger partial charge in [0.2, 0.25) is 0 Å². The van der Waals surface area contributed by atoms with Gasteiger partial charge in [0.05, 0.1) is 0 Å². The van der Waals surface area contributed by atoms with E-state index in [0.29, 0.717) is 0 Å². The van der Waals surface area contributed by atoms with Gasteiger partial charge in [-0.2, -0.15) is 0 Å². The minimum Gasteiger partial charge on any atom is -0.356 e. The summed E-state index contributed by atoms with van der Waals surface area (Å²) in [6.45, 7) is 0. The Labute approximate surface area is 159 Å². The van der Waals surface area contributed by atoms with E-state index in [1.54, 1.807) is 14.2 Å². The maximum absolute atomic E-state index is 5.88. The zero-order valence-corrected chi connectivity index (χ0v) is 17.7. The molecule has 0 amide bonds. The first-order valence-corrected chi connectivity index (χ1v) is 10.7. The van der Waals surface area contributed by atoms with Crippen molar-refractivity contribution >= 4 is 31.9 Å². The predicted molar refractivity (Wildman–Crippen MR) is 105 cm³/mol. The summed E-state index contributed by atoms with van der Waals surface area (Å²) in [7, 11) is 3.37. The molecule has 0 aromatic carbocycles. The standard InChI is InChI=1S/C18H32Br2O3/c1-21-17(13-9-5-3-7-11-15-19)23-18(22-2)14-10-6-4-8-12-16-20/h3-6,17-18H,7-16H2,1-2H3. The van der Waals surface area contributed by atoms with E-state index in [1.165, 1.54) is 12.8 Å². The number of unbranched alkanes of at least 4 members (excludes halogenated alkanes) is 2. The van der Waals surface area contributed by atoms with E-state index < -0.39 is 0 Å². The third kappa shape index (κ3) is 15.6. The Hall–Kier alpha value is 0.320. The van der Waals surface area contributed by atoms with Crippen molar-refractivity contribution in [2.45, 2.75) is 63.9 Å². The minimum absolute atomic E-state index is 0.210. The molecular formula is C18H32Br2O3. The molecule has 0 fully saturated rings. The van der Waals surface area contributed by atoms with E-state index in [-0.39, 0.29) is 12.6 Å². The molecule has 0 saturated heterocycles. The summed E-state index contributed by atoms with van der Waals surface area (Å²) in [6, 6.07) is 0. The van der Waals surface area contributed by atoms with E-state index in [1.807, 2.05) is 0 Å². The molecule has 2 unspecified atom stereocenters. The van der Waals surface area contributed by atoms with Gasteiger partial charge < -0.3 is 14.2 Å². The van der Waals surface area contributed by atoms with Crippen LogP contribution in [0.15, 0.2) is 24.3 Å². The SMILES string of the molecule is COC(CCC=CCCCBr)OC(CCC=CCCCBr)OC. The molecule has 0 rings (SSSR count). The van der Waals surface area contributed by atoms with Crippen molar-refractivity contribution in [3.05, 3.63) is 24.3 Å². The van der Waals surface area contributed by atoms with E-state index >= 15 is 0 Å². The van der Waals surface area contributed by atoms with Crippen LogP contribution in [0.4, 0.5) is 0 Å². The molecule has 0 saturated carbocycles. The quantitative estimate of drug-likeness (QED) is 0.124. The number of ether oxygens (including phenoxy) is 3. The second kappa shape index (κ2) is 18.7. The van der Waals surface area contributed by atoms with E-state index in [2.05, 4.69) is 56.2 Å². The van der Waals surface area contributed by atoms with Crippen LogP contribution in [0.2, 0.25) is 0 Å². The number of hydrogen-bond donors (Lipinski definition) is 0. The number of alkyl halides is 2. The second-order valence-electron chi connectivity index (χ2n) is 5.23. The lowest BCUT2D eigenvalue weighted by molar-refractivity contribution is -0.232. The highest BCUT2D eigenvalue weighted by Crippen LogP contribution is 2.13. The van der Waals surface area contributed by atoms with Gasteiger partial charge in [-0.1, -0.05) is 56.2 Å². The maximum Gasteiger partial charge on any atom is 0.160 e. The van der Waals surface area contributed by atoms with Gasteiger partial charge in [0.15, 0.2) is 12.6 Å². The first-order valence-electron chi connectivity index (χ1n) is 8.41. The molecular weight excluding hydrogens is 424 g/mol. The average Bonchev–Trinajstić information content (AvgIpc) is 2.58. The smallest absolute Gasteiger partial charge is 0.160 e. The van der Waals surface area contributed by atoms with E-state index in [9.17, 15) is 0 Å². The Kier molecular flexibility index (Phi) is 18.9. The summed E-state index contributed by atoms with van der Waals surface area (Å²) in [6.07, 6.45) is 16.6. The minimum atomic E-state index is -0.210. The summed E-state index contributed by atoms with van der Waals surface area (Å²) in [4.78, 5) is 0. The predicted octanol–water partition coefficient (Wildman–Crippen LogP) is 5.97. The summed E-state index contributed by atoms with van der Waals surface area (Å²) in [5, 5.41) is 2.11. The van der Waals surface area contributed by atoms with E-state index in [4.69, 9.17) is 14.2 Å². The van der Waals surface area contributed by atoms with Crippen molar-refractivity contribution in [2.24, 2.45) is 0 Å². The Morgan fingerprint density at radius 1 is 0.696 bits per heavy atom. The molecule has 0 aliphatic rings. The molecule has 2 atom stereocenters. The summed E-state index contributed by atoms with van der Waals surface area (Å²) in [5.41, 5.74) is 0. The van der Waals surface area contributed by atoms with Crippen molar-refractivity contribution in [3.63, 3.8) is 0 Å². The average molecular weight is 456 g/mol. The molecule has 0 radical (unpaired) electrons. The van der Waals surface area contributed by atoms with Crippen LogP contribution in [0.1, 0.15) is 51.4 Å². The third-order valence-corrected chi connectivity index (χ3v) is 4.43. The van der Waals surface area contributed by atoms with Crippen LogP contribution in [-0.4, -0.2) is 37.5 Å². The van der Waals surface area contributed by atoms with Crippen molar-refractivity contribution in [3.8, 4) is 0 Å². The van der Waals surface area contributed by atoms with Crippen molar-refractivity contribution in [1.82, 2.24) is 0 Å². The van der Waals surface area contributed by atoms with Gasteiger partial charge in [0, 0.05) is 37.7 Å². The normalized spacial score (nSPS) is 14.8.